The third-order valence-electron chi connectivity index (χ3n) is 4.42. The predicted molar refractivity (Wildman–Crippen MR) is 64.3 cm³/mol. The summed E-state index contributed by atoms with van der Waals surface area (Å²) in [5.41, 5.74) is -7.53. The SMILES string of the molecule is O=S(=O)(OCC1(F)C(F)(F)C(F)(F)C(F)(F)C(F)(F)C1(F)F)C(F)(F)C(F)(F)C(F)(F)C(F)(F)F. The van der Waals surface area contributed by atoms with Crippen LogP contribution in [0.5, 0.6) is 0 Å². The molecule has 1 fully saturated rings. The average molecular weight is 594 g/mol. The van der Waals surface area contributed by atoms with Crippen LogP contribution in [-0.4, -0.2) is 73.6 Å². The van der Waals surface area contributed by atoms with Crippen molar-refractivity contribution in [1.29, 1.82) is 0 Å². The van der Waals surface area contributed by atoms with Crippen molar-refractivity contribution < 1.29 is 100 Å². The maximum atomic E-state index is 14.2. The summed E-state index contributed by atoms with van der Waals surface area (Å²) < 4.78 is 285. The summed E-state index contributed by atoms with van der Waals surface area (Å²) >= 11 is 0. The summed E-state index contributed by atoms with van der Waals surface area (Å²) in [5.74, 6) is -56.0. The molecule has 3 nitrogen and oxygen atoms in total. The lowest BCUT2D eigenvalue weighted by molar-refractivity contribution is -0.486. The van der Waals surface area contributed by atoms with Crippen LogP contribution in [-0.2, 0) is 14.3 Å². The largest absolute Gasteiger partial charge is 0.460 e. The Kier molecular flexibility index (Phi) is 6.58. The highest BCUT2D eigenvalue weighted by molar-refractivity contribution is 7.87. The maximum Gasteiger partial charge on any atom is 0.460 e. The van der Waals surface area contributed by atoms with Crippen LogP contribution in [0.15, 0.2) is 0 Å². The molecule has 0 atom stereocenters. The van der Waals surface area contributed by atoms with Gasteiger partial charge in [-0.15, -0.1) is 0 Å². The minimum absolute atomic E-state index is 2.05. The molecule has 0 heterocycles. The highest BCUT2D eigenvalue weighted by atomic mass is 32.2. The summed E-state index contributed by atoms with van der Waals surface area (Å²) in [6, 6.07) is 0. The van der Waals surface area contributed by atoms with Crippen molar-refractivity contribution in [3.8, 4) is 0 Å². The van der Waals surface area contributed by atoms with E-state index in [1.807, 2.05) is 0 Å². The molecule has 1 saturated carbocycles. The molecule has 1 aliphatic carbocycles. The Bertz CT molecular complexity index is 916. The van der Waals surface area contributed by atoms with Crippen LogP contribution in [0, 0.1) is 0 Å². The fourth-order valence-corrected chi connectivity index (χ4v) is 3.13. The molecule has 0 aromatic heterocycles. The molecule has 24 heteroatoms. The van der Waals surface area contributed by atoms with Gasteiger partial charge in [-0.3, -0.25) is 4.18 Å². The minimum atomic E-state index is -8.55. The smallest absolute Gasteiger partial charge is 0.261 e. The molecule has 0 spiro atoms. The van der Waals surface area contributed by atoms with Crippen LogP contribution in [0.1, 0.15) is 0 Å². The number of hydrogen-bond acceptors (Lipinski definition) is 3. The zero-order valence-corrected chi connectivity index (χ0v) is 15.7. The highest BCUT2D eigenvalue weighted by Crippen LogP contribution is 2.69. The van der Waals surface area contributed by atoms with Gasteiger partial charge in [-0.05, 0) is 0 Å². The first-order valence-corrected chi connectivity index (χ1v) is 8.78. The van der Waals surface area contributed by atoms with Crippen LogP contribution in [0.4, 0.5) is 87.8 Å². The van der Waals surface area contributed by atoms with Crippen LogP contribution in [0.3, 0.4) is 0 Å². The Morgan fingerprint density at radius 1 is 0.514 bits per heavy atom. The summed E-state index contributed by atoms with van der Waals surface area (Å²) in [4.78, 5) is 0. The number of halogens is 20. The number of rotatable bonds is 6. The van der Waals surface area contributed by atoms with Crippen LogP contribution >= 0.6 is 0 Å². The van der Waals surface area contributed by atoms with Gasteiger partial charge in [-0.2, -0.15) is 91.8 Å². The molecule has 0 radical (unpaired) electrons. The van der Waals surface area contributed by atoms with Gasteiger partial charge < -0.3 is 0 Å². The zero-order valence-electron chi connectivity index (χ0n) is 14.9. The van der Waals surface area contributed by atoms with E-state index in [0.29, 0.717) is 0 Å². The molecule has 0 N–H and O–H groups in total. The van der Waals surface area contributed by atoms with Gasteiger partial charge in [0.2, 0.25) is 0 Å². The molecule has 0 unspecified atom stereocenters. The second-order valence-corrected chi connectivity index (χ2v) is 8.21. The van der Waals surface area contributed by atoms with E-state index in [0.717, 1.165) is 0 Å². The monoisotopic (exact) mass is 594 g/mol. The van der Waals surface area contributed by atoms with Gasteiger partial charge in [0, 0.05) is 0 Å². The van der Waals surface area contributed by atoms with E-state index in [2.05, 4.69) is 4.18 Å². The Labute approximate surface area is 177 Å². The van der Waals surface area contributed by atoms with E-state index in [-0.39, 0.29) is 0 Å². The first-order chi connectivity index (χ1) is 14.7. The second kappa shape index (κ2) is 7.30. The van der Waals surface area contributed by atoms with Crippen molar-refractivity contribution in [2.45, 2.75) is 58.6 Å². The Balaban J connectivity index is 3.67. The van der Waals surface area contributed by atoms with E-state index in [9.17, 15) is 96.2 Å². The van der Waals surface area contributed by atoms with Gasteiger partial charge in [0.15, 0.2) is 0 Å². The van der Waals surface area contributed by atoms with Gasteiger partial charge in [0.05, 0.1) is 0 Å². The van der Waals surface area contributed by atoms with Gasteiger partial charge in [-0.1, -0.05) is 0 Å². The molecule has 0 aliphatic heterocycles. The van der Waals surface area contributed by atoms with Crippen molar-refractivity contribution >= 4 is 10.1 Å². The summed E-state index contributed by atoms with van der Waals surface area (Å²) in [6.45, 7) is -4.63. The van der Waals surface area contributed by atoms with Gasteiger partial charge >= 0.3 is 63.0 Å². The van der Waals surface area contributed by atoms with E-state index in [1.165, 1.54) is 0 Å². The molecule has 1 aliphatic rings. The third kappa shape index (κ3) is 3.32. The summed E-state index contributed by atoms with van der Waals surface area (Å²) in [7, 11) is -8.55. The molecule has 1 rings (SSSR count). The van der Waals surface area contributed by atoms with Gasteiger partial charge in [0.1, 0.15) is 6.61 Å². The molecular formula is C11H2F20O3S. The summed E-state index contributed by atoms with van der Waals surface area (Å²) in [5, 5.41) is -8.07. The maximum absolute atomic E-state index is 14.2. The first-order valence-electron chi connectivity index (χ1n) is 7.38. The molecule has 0 amide bonds. The Morgan fingerprint density at radius 2 is 0.800 bits per heavy atom. The fourth-order valence-electron chi connectivity index (χ4n) is 2.22. The predicted octanol–water partition coefficient (Wildman–Crippen LogP) is 5.66. The van der Waals surface area contributed by atoms with E-state index < -0.39 is 75.3 Å². The molecular weight excluding hydrogens is 592 g/mol. The lowest BCUT2D eigenvalue weighted by Gasteiger charge is -2.52. The molecule has 0 aromatic rings. The normalized spacial score (nSPS) is 25.8. The van der Waals surface area contributed by atoms with E-state index in [4.69, 9.17) is 0 Å². The molecule has 0 aromatic carbocycles. The van der Waals surface area contributed by atoms with Crippen LogP contribution in [0.2, 0.25) is 0 Å². The average Bonchev–Trinajstić information content (AvgIpc) is 2.62. The zero-order chi connectivity index (χ0) is 28.9. The molecule has 210 valence electrons. The third-order valence-corrected chi connectivity index (χ3v) is 5.73. The standard InChI is InChI=1S/C11H2F20O3S/c12-2(3(13,14)5(17,18)7(21,22)6(19,20)4(2,15)16)1-34-35(32,33)11(30,31)9(25,26)8(23,24)10(27,28)29/h1H2. The van der Waals surface area contributed by atoms with Crippen molar-refractivity contribution in [1.82, 2.24) is 0 Å². The highest BCUT2D eigenvalue weighted by Gasteiger charge is 3.01. The van der Waals surface area contributed by atoms with Gasteiger partial charge in [-0.25, -0.2) is 4.39 Å². The van der Waals surface area contributed by atoms with E-state index in [1.54, 1.807) is 0 Å². The van der Waals surface area contributed by atoms with Crippen molar-refractivity contribution in [3.05, 3.63) is 0 Å². The quantitative estimate of drug-likeness (QED) is 0.295. The lowest BCUT2D eigenvalue weighted by Crippen LogP contribution is -2.84. The molecule has 0 saturated heterocycles. The van der Waals surface area contributed by atoms with Crippen molar-refractivity contribution in [2.24, 2.45) is 0 Å². The van der Waals surface area contributed by atoms with E-state index >= 15 is 0 Å². The second-order valence-electron chi connectivity index (χ2n) is 6.55. The topological polar surface area (TPSA) is 43.4 Å². The van der Waals surface area contributed by atoms with Crippen molar-refractivity contribution in [3.63, 3.8) is 0 Å². The van der Waals surface area contributed by atoms with Crippen LogP contribution < -0.4 is 0 Å². The Hall–Kier alpha value is -1.49. The van der Waals surface area contributed by atoms with Crippen LogP contribution in [0.25, 0.3) is 0 Å². The first kappa shape index (κ1) is 31.5. The summed E-state index contributed by atoms with van der Waals surface area (Å²) in [6.07, 6.45) is -7.74. The molecule has 0 bridgehead atoms. The minimum Gasteiger partial charge on any atom is -0.261 e. The lowest BCUT2D eigenvalue weighted by atomic mass is 9.72. The van der Waals surface area contributed by atoms with Crippen molar-refractivity contribution in [2.75, 3.05) is 6.61 Å². The fraction of sp³-hybridized carbons (Fsp3) is 1.00. The number of hydrogen-bond donors (Lipinski definition) is 0. The molecule has 35 heavy (non-hydrogen) atoms. The number of alkyl halides is 20. The van der Waals surface area contributed by atoms with Gasteiger partial charge in [0.25, 0.3) is 5.67 Å². The Morgan fingerprint density at radius 3 is 1.09 bits per heavy atom.